The number of hydrogen-bond acceptors (Lipinski definition) is 6. The lowest BCUT2D eigenvalue weighted by Crippen LogP contribution is -2.48. The summed E-state index contributed by atoms with van der Waals surface area (Å²) in [6, 6.07) is 19.2. The Morgan fingerprint density at radius 3 is 2.27 bits per heavy atom. The van der Waals surface area contributed by atoms with E-state index in [0.717, 1.165) is 44.3 Å². The Bertz CT molecular complexity index is 916. The van der Waals surface area contributed by atoms with Crippen LogP contribution in [0.25, 0.3) is 0 Å². The summed E-state index contributed by atoms with van der Waals surface area (Å²) in [5.74, 6) is 1.75. The maximum Gasteiger partial charge on any atom is 0.173 e. The molecule has 2 aromatic carbocycles. The maximum atomic E-state index is 5.35. The molecule has 2 heterocycles. The average molecular weight is 407 g/mol. The lowest BCUT2D eigenvalue weighted by atomic mass is 10.0. The summed E-state index contributed by atoms with van der Waals surface area (Å²) in [4.78, 5) is 5.01. The van der Waals surface area contributed by atoms with Gasteiger partial charge in [-0.1, -0.05) is 42.5 Å². The molecule has 1 aliphatic rings. The fourth-order valence-corrected chi connectivity index (χ4v) is 4.08. The molecule has 3 aromatic rings. The molecule has 0 saturated carbocycles. The second kappa shape index (κ2) is 9.36. The Balaban J connectivity index is 1.55. The fraction of sp³-hybridized carbons (Fsp3) is 0.435. The van der Waals surface area contributed by atoms with Crippen LogP contribution >= 0.6 is 0 Å². The van der Waals surface area contributed by atoms with Crippen LogP contribution in [0.4, 0.5) is 0 Å². The minimum absolute atomic E-state index is 0.0205. The molecule has 158 valence electrons. The summed E-state index contributed by atoms with van der Waals surface area (Å²) in [5, 5.41) is 12.7. The van der Waals surface area contributed by atoms with Gasteiger partial charge >= 0.3 is 0 Å². The van der Waals surface area contributed by atoms with Crippen molar-refractivity contribution >= 4 is 0 Å². The predicted molar refractivity (Wildman–Crippen MR) is 116 cm³/mol. The number of ether oxygens (including phenoxy) is 1. The zero-order valence-electron chi connectivity index (χ0n) is 18.0. The van der Waals surface area contributed by atoms with Gasteiger partial charge in [-0.15, -0.1) is 5.10 Å². The minimum Gasteiger partial charge on any atom is -0.497 e. The average Bonchev–Trinajstić information content (AvgIpc) is 3.26. The summed E-state index contributed by atoms with van der Waals surface area (Å²) in [6.45, 7) is 9.19. The number of benzene rings is 2. The zero-order chi connectivity index (χ0) is 20.9. The van der Waals surface area contributed by atoms with Crippen LogP contribution in [0.5, 0.6) is 5.75 Å². The molecule has 1 aliphatic heterocycles. The first kappa shape index (κ1) is 20.5. The Kier molecular flexibility index (Phi) is 6.40. The lowest BCUT2D eigenvalue weighted by molar-refractivity contribution is 0.0996. The molecule has 0 amide bonds. The van der Waals surface area contributed by atoms with Gasteiger partial charge in [0.05, 0.1) is 19.2 Å². The van der Waals surface area contributed by atoms with Crippen molar-refractivity contribution in [3.63, 3.8) is 0 Å². The van der Waals surface area contributed by atoms with Crippen LogP contribution in [0.1, 0.15) is 42.9 Å². The quantitative estimate of drug-likeness (QED) is 0.601. The van der Waals surface area contributed by atoms with Crippen molar-refractivity contribution < 1.29 is 4.74 Å². The fourth-order valence-electron chi connectivity index (χ4n) is 4.08. The van der Waals surface area contributed by atoms with E-state index in [4.69, 9.17) is 4.74 Å². The molecule has 0 N–H and O–H groups in total. The summed E-state index contributed by atoms with van der Waals surface area (Å²) < 4.78 is 7.29. The van der Waals surface area contributed by atoms with E-state index in [2.05, 4.69) is 81.6 Å². The Labute approximate surface area is 178 Å². The SMILES string of the molecule is COc1ccc(C(c2nnnn2C(C)C)N2CCN(Cc3ccccc3)CC2)cc1. The Morgan fingerprint density at radius 1 is 0.933 bits per heavy atom. The third-order valence-corrected chi connectivity index (χ3v) is 5.70. The Hall–Kier alpha value is -2.77. The highest BCUT2D eigenvalue weighted by Gasteiger charge is 2.31. The molecule has 0 bridgehead atoms. The molecule has 1 atom stereocenters. The summed E-state index contributed by atoms with van der Waals surface area (Å²) in [7, 11) is 1.69. The smallest absolute Gasteiger partial charge is 0.173 e. The minimum atomic E-state index is 0.0205. The first-order valence-corrected chi connectivity index (χ1v) is 10.6. The van der Waals surface area contributed by atoms with E-state index in [-0.39, 0.29) is 12.1 Å². The number of methoxy groups -OCH3 is 1. The van der Waals surface area contributed by atoms with Gasteiger partial charge in [0.2, 0.25) is 0 Å². The second-order valence-electron chi connectivity index (χ2n) is 8.05. The third-order valence-electron chi connectivity index (χ3n) is 5.70. The molecule has 1 saturated heterocycles. The summed E-state index contributed by atoms with van der Waals surface area (Å²) >= 11 is 0. The van der Waals surface area contributed by atoms with E-state index in [1.54, 1.807) is 7.11 Å². The van der Waals surface area contributed by atoms with E-state index in [1.807, 2.05) is 16.8 Å². The second-order valence-corrected chi connectivity index (χ2v) is 8.05. The number of hydrogen-bond donors (Lipinski definition) is 0. The number of tetrazole rings is 1. The highest BCUT2D eigenvalue weighted by atomic mass is 16.5. The molecule has 0 spiro atoms. The van der Waals surface area contributed by atoms with Gasteiger partial charge in [0.1, 0.15) is 5.75 Å². The third kappa shape index (κ3) is 4.52. The number of aromatic nitrogens is 4. The number of nitrogens with zero attached hydrogens (tertiary/aromatic N) is 6. The molecule has 1 fully saturated rings. The van der Waals surface area contributed by atoms with Crippen molar-refractivity contribution in [3.8, 4) is 5.75 Å². The van der Waals surface area contributed by atoms with Crippen LogP contribution in [0.3, 0.4) is 0 Å². The van der Waals surface area contributed by atoms with Crippen LogP contribution in [-0.2, 0) is 6.54 Å². The number of rotatable bonds is 7. The normalized spacial score (nSPS) is 16.7. The van der Waals surface area contributed by atoms with E-state index in [0.29, 0.717) is 0 Å². The van der Waals surface area contributed by atoms with Crippen LogP contribution in [-0.4, -0.2) is 63.3 Å². The highest BCUT2D eigenvalue weighted by molar-refractivity contribution is 5.32. The van der Waals surface area contributed by atoms with E-state index in [1.165, 1.54) is 11.1 Å². The van der Waals surface area contributed by atoms with Crippen molar-refractivity contribution in [3.05, 3.63) is 71.5 Å². The van der Waals surface area contributed by atoms with E-state index < -0.39 is 0 Å². The largest absolute Gasteiger partial charge is 0.497 e. The van der Waals surface area contributed by atoms with Gasteiger partial charge in [-0.05, 0) is 47.5 Å². The van der Waals surface area contributed by atoms with Gasteiger partial charge in [-0.2, -0.15) is 0 Å². The topological polar surface area (TPSA) is 59.3 Å². The summed E-state index contributed by atoms with van der Waals surface area (Å²) in [6.07, 6.45) is 0. The first-order chi connectivity index (χ1) is 14.7. The molecule has 1 aromatic heterocycles. The molecular formula is C23H30N6O. The maximum absolute atomic E-state index is 5.35. The Morgan fingerprint density at radius 2 is 1.63 bits per heavy atom. The standard InChI is InChI=1S/C23H30N6O/c1-18(2)29-23(24-25-26-29)22(20-9-11-21(30-3)12-10-20)28-15-13-27(14-16-28)17-19-7-5-4-6-8-19/h4-12,18,22H,13-17H2,1-3H3. The molecular weight excluding hydrogens is 376 g/mol. The molecule has 0 aliphatic carbocycles. The molecule has 1 unspecified atom stereocenters. The molecule has 30 heavy (non-hydrogen) atoms. The zero-order valence-corrected chi connectivity index (χ0v) is 18.0. The van der Waals surface area contributed by atoms with Gasteiger partial charge < -0.3 is 4.74 Å². The van der Waals surface area contributed by atoms with Gasteiger partial charge in [0, 0.05) is 32.7 Å². The monoisotopic (exact) mass is 406 g/mol. The van der Waals surface area contributed by atoms with Crippen molar-refractivity contribution in [1.29, 1.82) is 0 Å². The van der Waals surface area contributed by atoms with Crippen LogP contribution < -0.4 is 4.74 Å². The van der Waals surface area contributed by atoms with Gasteiger partial charge in [-0.25, -0.2) is 4.68 Å². The van der Waals surface area contributed by atoms with Crippen LogP contribution in [0, 0.1) is 0 Å². The van der Waals surface area contributed by atoms with Crippen molar-refractivity contribution in [2.45, 2.75) is 32.5 Å². The van der Waals surface area contributed by atoms with Crippen molar-refractivity contribution in [2.24, 2.45) is 0 Å². The summed E-state index contributed by atoms with van der Waals surface area (Å²) in [5.41, 5.74) is 2.55. The van der Waals surface area contributed by atoms with E-state index >= 15 is 0 Å². The predicted octanol–water partition coefficient (Wildman–Crippen LogP) is 3.17. The molecule has 7 nitrogen and oxygen atoms in total. The molecule has 4 rings (SSSR count). The van der Waals surface area contributed by atoms with Crippen molar-refractivity contribution in [1.82, 2.24) is 30.0 Å². The van der Waals surface area contributed by atoms with Crippen LogP contribution in [0.15, 0.2) is 54.6 Å². The first-order valence-electron chi connectivity index (χ1n) is 10.6. The number of piperazine rings is 1. The van der Waals surface area contributed by atoms with Crippen molar-refractivity contribution in [2.75, 3.05) is 33.3 Å². The highest BCUT2D eigenvalue weighted by Crippen LogP contribution is 2.30. The van der Waals surface area contributed by atoms with Gasteiger partial charge in [-0.3, -0.25) is 9.80 Å². The molecule has 7 heteroatoms. The lowest BCUT2D eigenvalue weighted by Gasteiger charge is -2.39. The van der Waals surface area contributed by atoms with E-state index in [9.17, 15) is 0 Å². The van der Waals surface area contributed by atoms with Gasteiger partial charge in [0.25, 0.3) is 0 Å². The molecule has 0 radical (unpaired) electrons. The van der Waals surface area contributed by atoms with Crippen LogP contribution in [0.2, 0.25) is 0 Å². The van der Waals surface area contributed by atoms with Gasteiger partial charge in [0.15, 0.2) is 5.82 Å².